The standard InChI is InChI=1S/C30H31BFNO5/c1-29(2)30(3,4)38-31(37-29)20(16-19-10-9-15-26(32)27(19)34)17-33-28(35)36-18-25-23-13-7-5-11-21(23)22-12-6-8-14-24(22)25/h5-16,25,34H,17-18H2,1-4H3,(H,33,35). The molecule has 0 aromatic heterocycles. The van der Waals surface area contributed by atoms with Crippen molar-refractivity contribution in [2.75, 3.05) is 13.2 Å². The molecule has 6 nitrogen and oxygen atoms in total. The van der Waals surface area contributed by atoms with Crippen LogP contribution in [0.1, 0.15) is 50.3 Å². The first-order chi connectivity index (χ1) is 18.1. The number of phenols is 1. The lowest BCUT2D eigenvalue weighted by molar-refractivity contribution is 0.00578. The zero-order chi connectivity index (χ0) is 27.1. The maximum Gasteiger partial charge on any atom is 0.492 e. The maximum absolute atomic E-state index is 14.0. The smallest absolute Gasteiger partial charge is 0.492 e. The van der Waals surface area contributed by atoms with Crippen molar-refractivity contribution in [3.05, 3.63) is 94.7 Å². The van der Waals surface area contributed by atoms with Crippen molar-refractivity contribution in [3.8, 4) is 16.9 Å². The molecule has 1 fully saturated rings. The Morgan fingerprint density at radius 1 is 0.974 bits per heavy atom. The quantitative estimate of drug-likeness (QED) is 0.389. The van der Waals surface area contributed by atoms with Gasteiger partial charge in [-0.1, -0.05) is 66.7 Å². The number of phenolic OH excluding ortho intramolecular Hbond substituents is 1. The summed E-state index contributed by atoms with van der Waals surface area (Å²) < 4.78 is 32.0. The summed E-state index contributed by atoms with van der Waals surface area (Å²) in [5.41, 5.74) is 4.08. The van der Waals surface area contributed by atoms with E-state index in [0.29, 0.717) is 5.47 Å². The Bertz CT molecular complexity index is 1340. The summed E-state index contributed by atoms with van der Waals surface area (Å²) in [6, 6.07) is 20.5. The van der Waals surface area contributed by atoms with Gasteiger partial charge >= 0.3 is 13.2 Å². The van der Waals surface area contributed by atoms with Gasteiger partial charge in [-0.05, 0) is 61.5 Å². The molecule has 0 spiro atoms. The number of para-hydroxylation sites is 1. The second-order valence-corrected chi connectivity index (χ2v) is 10.7. The molecule has 3 aromatic carbocycles. The summed E-state index contributed by atoms with van der Waals surface area (Å²) in [5, 5.41) is 13.0. The molecule has 3 aromatic rings. The van der Waals surface area contributed by atoms with Crippen molar-refractivity contribution in [1.82, 2.24) is 5.32 Å². The number of carbonyl (C=O) groups excluding carboxylic acids is 1. The predicted molar refractivity (Wildman–Crippen MR) is 145 cm³/mol. The average molecular weight is 515 g/mol. The number of amides is 1. The van der Waals surface area contributed by atoms with Gasteiger partial charge in [0.15, 0.2) is 11.6 Å². The fourth-order valence-electron chi connectivity index (χ4n) is 4.87. The van der Waals surface area contributed by atoms with Gasteiger partial charge in [0.25, 0.3) is 0 Å². The van der Waals surface area contributed by atoms with Gasteiger partial charge in [0.2, 0.25) is 0 Å². The van der Waals surface area contributed by atoms with Crippen LogP contribution in [0.4, 0.5) is 9.18 Å². The molecule has 1 aliphatic carbocycles. The third-order valence-corrected chi connectivity index (χ3v) is 7.70. The van der Waals surface area contributed by atoms with Crippen LogP contribution in [0.5, 0.6) is 5.75 Å². The minimum absolute atomic E-state index is 0.0173. The van der Waals surface area contributed by atoms with E-state index in [4.69, 9.17) is 14.0 Å². The Labute approximate surface area is 222 Å². The van der Waals surface area contributed by atoms with Crippen molar-refractivity contribution in [2.24, 2.45) is 0 Å². The van der Waals surface area contributed by atoms with E-state index in [1.54, 1.807) is 12.1 Å². The molecule has 38 heavy (non-hydrogen) atoms. The molecule has 0 saturated carbocycles. The number of carbonyl (C=O) groups is 1. The van der Waals surface area contributed by atoms with E-state index >= 15 is 0 Å². The number of aromatic hydroxyl groups is 1. The van der Waals surface area contributed by atoms with E-state index in [9.17, 15) is 14.3 Å². The van der Waals surface area contributed by atoms with Crippen LogP contribution in [0.3, 0.4) is 0 Å². The first kappa shape index (κ1) is 26.0. The molecule has 2 N–H and O–H groups in total. The van der Waals surface area contributed by atoms with Crippen LogP contribution in [0, 0.1) is 5.82 Å². The van der Waals surface area contributed by atoms with Crippen molar-refractivity contribution in [3.63, 3.8) is 0 Å². The monoisotopic (exact) mass is 515 g/mol. The van der Waals surface area contributed by atoms with Crippen LogP contribution < -0.4 is 5.32 Å². The molecule has 1 aliphatic heterocycles. The molecular formula is C30H31BFNO5. The van der Waals surface area contributed by atoms with Gasteiger partial charge in [0.05, 0.1) is 11.2 Å². The Kier molecular flexibility index (Phi) is 6.80. The first-order valence-electron chi connectivity index (χ1n) is 12.7. The predicted octanol–water partition coefficient (Wildman–Crippen LogP) is 6.08. The molecule has 1 saturated heterocycles. The van der Waals surface area contributed by atoms with Crippen molar-refractivity contribution in [1.29, 1.82) is 0 Å². The number of hydrogen-bond donors (Lipinski definition) is 2. The molecule has 0 radical (unpaired) electrons. The normalized spacial score (nSPS) is 17.7. The third kappa shape index (κ3) is 4.82. The summed E-state index contributed by atoms with van der Waals surface area (Å²) in [7, 11) is -0.809. The molecule has 0 atom stereocenters. The number of fused-ring (bicyclic) bond motifs is 3. The summed E-state index contributed by atoms with van der Waals surface area (Å²) in [6.45, 7) is 7.88. The first-order valence-corrected chi connectivity index (χ1v) is 12.7. The van der Waals surface area contributed by atoms with Gasteiger partial charge in [0, 0.05) is 18.0 Å². The van der Waals surface area contributed by atoms with E-state index in [-0.39, 0.29) is 24.6 Å². The van der Waals surface area contributed by atoms with Gasteiger partial charge < -0.3 is 24.5 Å². The van der Waals surface area contributed by atoms with Crippen LogP contribution in [-0.4, -0.2) is 42.7 Å². The van der Waals surface area contributed by atoms with E-state index in [1.165, 1.54) is 12.1 Å². The molecular weight excluding hydrogens is 484 g/mol. The minimum Gasteiger partial charge on any atom is -0.504 e. The second-order valence-electron chi connectivity index (χ2n) is 10.7. The Morgan fingerprint density at radius 3 is 2.16 bits per heavy atom. The van der Waals surface area contributed by atoms with Crippen molar-refractivity contribution < 1.29 is 28.3 Å². The molecule has 8 heteroatoms. The van der Waals surface area contributed by atoms with Gasteiger partial charge in [-0.3, -0.25) is 0 Å². The highest BCUT2D eigenvalue weighted by atomic mass is 19.1. The molecule has 5 rings (SSSR count). The molecule has 1 amide bonds. The Morgan fingerprint density at radius 2 is 1.55 bits per heavy atom. The lowest BCUT2D eigenvalue weighted by atomic mass is 9.77. The number of ether oxygens (including phenoxy) is 1. The summed E-state index contributed by atoms with van der Waals surface area (Å²) >= 11 is 0. The van der Waals surface area contributed by atoms with Crippen LogP contribution in [0.2, 0.25) is 0 Å². The van der Waals surface area contributed by atoms with E-state index in [0.717, 1.165) is 22.3 Å². The van der Waals surface area contributed by atoms with E-state index in [2.05, 4.69) is 29.6 Å². The maximum atomic E-state index is 14.0. The highest BCUT2D eigenvalue weighted by Crippen LogP contribution is 2.44. The fraction of sp³-hybridized carbons (Fsp3) is 0.300. The summed E-state index contributed by atoms with van der Waals surface area (Å²) in [5.74, 6) is -1.28. The number of nitrogens with one attached hydrogen (secondary N) is 1. The number of benzene rings is 3. The highest BCUT2D eigenvalue weighted by molar-refractivity contribution is 6.56. The van der Waals surface area contributed by atoms with Crippen molar-refractivity contribution in [2.45, 2.75) is 44.8 Å². The van der Waals surface area contributed by atoms with Gasteiger partial charge in [-0.25, -0.2) is 9.18 Å². The molecule has 196 valence electrons. The zero-order valence-corrected chi connectivity index (χ0v) is 22.0. The summed E-state index contributed by atoms with van der Waals surface area (Å²) in [4.78, 5) is 12.8. The summed E-state index contributed by atoms with van der Waals surface area (Å²) in [6.07, 6.45) is 0.974. The number of hydrogen-bond acceptors (Lipinski definition) is 5. The molecule has 2 aliphatic rings. The highest BCUT2D eigenvalue weighted by Gasteiger charge is 2.52. The Balaban J connectivity index is 1.31. The van der Waals surface area contributed by atoms with E-state index in [1.807, 2.05) is 52.0 Å². The van der Waals surface area contributed by atoms with Crippen LogP contribution in [0.25, 0.3) is 17.2 Å². The Hall–Kier alpha value is -3.62. The molecule has 0 bridgehead atoms. The van der Waals surface area contributed by atoms with Gasteiger partial charge in [-0.2, -0.15) is 0 Å². The SMILES string of the molecule is CC1(C)OB(C(=Cc2cccc(F)c2O)CNC(=O)OCC2c3ccccc3-c3ccccc32)OC1(C)C. The largest absolute Gasteiger partial charge is 0.504 e. The topological polar surface area (TPSA) is 77.0 Å². The number of alkyl carbamates (subject to hydrolysis) is 1. The van der Waals surface area contributed by atoms with Gasteiger partial charge in [-0.15, -0.1) is 0 Å². The molecule has 0 unspecified atom stereocenters. The lowest BCUT2D eigenvalue weighted by Crippen LogP contribution is -2.41. The lowest BCUT2D eigenvalue weighted by Gasteiger charge is -2.32. The van der Waals surface area contributed by atoms with E-state index < -0.39 is 36.0 Å². The minimum atomic E-state index is -0.809. The second kappa shape index (κ2) is 9.93. The molecule has 1 heterocycles. The number of halogens is 1. The van der Waals surface area contributed by atoms with Crippen LogP contribution in [0.15, 0.2) is 72.2 Å². The van der Waals surface area contributed by atoms with Gasteiger partial charge in [0.1, 0.15) is 6.61 Å². The van der Waals surface area contributed by atoms with Crippen LogP contribution >= 0.6 is 0 Å². The number of rotatable bonds is 6. The van der Waals surface area contributed by atoms with Crippen molar-refractivity contribution >= 4 is 19.3 Å². The van der Waals surface area contributed by atoms with Crippen LogP contribution in [-0.2, 0) is 14.0 Å². The zero-order valence-electron chi connectivity index (χ0n) is 22.0. The third-order valence-electron chi connectivity index (χ3n) is 7.70. The average Bonchev–Trinajstić information content (AvgIpc) is 3.32. The fourth-order valence-corrected chi connectivity index (χ4v) is 4.87.